The van der Waals surface area contributed by atoms with Gasteiger partial charge in [0.15, 0.2) is 0 Å². The van der Waals surface area contributed by atoms with Gasteiger partial charge in [-0.05, 0) is 49.2 Å². The molecule has 2 atom stereocenters. The quantitative estimate of drug-likeness (QED) is 0.794. The van der Waals surface area contributed by atoms with Crippen LogP contribution in [0.25, 0.3) is 0 Å². The van der Waals surface area contributed by atoms with Crippen LogP contribution in [0.1, 0.15) is 12.8 Å². The lowest BCUT2D eigenvalue weighted by Gasteiger charge is -2.29. The minimum atomic E-state index is -4.51. The van der Waals surface area contributed by atoms with Crippen molar-refractivity contribution in [3.8, 4) is 11.5 Å². The molecular formula is C19H17F3N2O3. The molecule has 0 unspecified atom stereocenters. The number of anilines is 1. The van der Waals surface area contributed by atoms with Crippen molar-refractivity contribution >= 4 is 17.5 Å². The summed E-state index contributed by atoms with van der Waals surface area (Å²) in [5, 5.41) is 4.41. The standard InChI is InChI=1S/C19H17F3N2O3/c20-19(21,22)16-11-10-15(18(26)24-16)17(25)23-12-6-8-14(9-7-12)27-13-4-2-1-3-5-13/h1-9,15-16H,10-11H2,(H,23,25)(H,24,26)/t15-,16-/m1/s1. The third-order valence-corrected chi connectivity index (χ3v) is 4.19. The van der Waals surface area contributed by atoms with Crippen molar-refractivity contribution in [1.29, 1.82) is 0 Å². The number of para-hydroxylation sites is 1. The highest BCUT2D eigenvalue weighted by atomic mass is 19.4. The Bertz CT molecular complexity index is 807. The molecule has 0 bridgehead atoms. The second-order valence-electron chi connectivity index (χ2n) is 6.16. The second-order valence-corrected chi connectivity index (χ2v) is 6.16. The number of rotatable bonds is 4. The molecule has 3 rings (SSSR count). The number of piperidine rings is 1. The first kappa shape index (κ1) is 18.8. The SMILES string of the molecule is O=C(Nc1ccc(Oc2ccccc2)cc1)[C@H]1CC[C@H](C(F)(F)F)NC1=O. The lowest BCUT2D eigenvalue weighted by Crippen LogP contribution is -2.53. The van der Waals surface area contributed by atoms with E-state index < -0.39 is 30.0 Å². The van der Waals surface area contributed by atoms with E-state index in [4.69, 9.17) is 4.74 Å². The lowest BCUT2D eigenvalue weighted by molar-refractivity contribution is -0.170. The number of hydrogen-bond donors (Lipinski definition) is 2. The van der Waals surface area contributed by atoms with Crippen molar-refractivity contribution in [3.63, 3.8) is 0 Å². The molecule has 2 amide bonds. The van der Waals surface area contributed by atoms with E-state index in [9.17, 15) is 22.8 Å². The molecule has 2 aromatic rings. The number of carbonyl (C=O) groups is 2. The Morgan fingerprint density at radius 2 is 1.63 bits per heavy atom. The van der Waals surface area contributed by atoms with Gasteiger partial charge in [-0.2, -0.15) is 13.2 Å². The van der Waals surface area contributed by atoms with Gasteiger partial charge in [-0.15, -0.1) is 0 Å². The van der Waals surface area contributed by atoms with Crippen molar-refractivity contribution in [3.05, 3.63) is 54.6 Å². The van der Waals surface area contributed by atoms with Gasteiger partial charge >= 0.3 is 6.18 Å². The average Bonchev–Trinajstić information content (AvgIpc) is 2.63. The van der Waals surface area contributed by atoms with Crippen molar-refractivity contribution in [2.75, 3.05) is 5.32 Å². The van der Waals surface area contributed by atoms with E-state index in [1.54, 1.807) is 36.4 Å². The van der Waals surface area contributed by atoms with Gasteiger partial charge in [-0.1, -0.05) is 18.2 Å². The third-order valence-electron chi connectivity index (χ3n) is 4.19. The van der Waals surface area contributed by atoms with E-state index in [1.165, 1.54) is 0 Å². The Morgan fingerprint density at radius 3 is 2.22 bits per heavy atom. The number of carbonyl (C=O) groups excluding carboxylic acids is 2. The fraction of sp³-hybridized carbons (Fsp3) is 0.263. The predicted octanol–water partition coefficient (Wildman–Crippen LogP) is 3.87. The molecule has 2 N–H and O–H groups in total. The molecule has 1 aliphatic heterocycles. The van der Waals surface area contributed by atoms with Crippen molar-refractivity contribution in [2.24, 2.45) is 5.92 Å². The summed E-state index contributed by atoms with van der Waals surface area (Å²) in [7, 11) is 0. The van der Waals surface area contributed by atoms with Gasteiger partial charge in [0, 0.05) is 5.69 Å². The molecule has 1 fully saturated rings. The Kier molecular flexibility index (Phi) is 5.34. The molecule has 5 nitrogen and oxygen atoms in total. The zero-order valence-electron chi connectivity index (χ0n) is 14.1. The molecular weight excluding hydrogens is 361 g/mol. The minimum Gasteiger partial charge on any atom is -0.457 e. The molecule has 1 heterocycles. The summed E-state index contributed by atoms with van der Waals surface area (Å²) < 4.78 is 43.6. The molecule has 142 valence electrons. The number of alkyl halides is 3. The summed E-state index contributed by atoms with van der Waals surface area (Å²) in [4.78, 5) is 24.1. The largest absolute Gasteiger partial charge is 0.457 e. The van der Waals surface area contributed by atoms with Gasteiger partial charge in [0.2, 0.25) is 11.8 Å². The van der Waals surface area contributed by atoms with Gasteiger partial charge in [-0.3, -0.25) is 9.59 Å². The van der Waals surface area contributed by atoms with E-state index in [1.807, 2.05) is 23.5 Å². The van der Waals surface area contributed by atoms with Gasteiger partial charge in [0.25, 0.3) is 0 Å². The Hall–Kier alpha value is -3.03. The molecule has 1 aliphatic rings. The Balaban J connectivity index is 1.57. The van der Waals surface area contributed by atoms with Crippen LogP contribution in [0.5, 0.6) is 11.5 Å². The molecule has 0 aromatic heterocycles. The molecule has 0 spiro atoms. The summed E-state index contributed by atoms with van der Waals surface area (Å²) in [5.74, 6) is -1.48. The van der Waals surface area contributed by atoms with Crippen molar-refractivity contribution in [1.82, 2.24) is 5.32 Å². The highest BCUT2D eigenvalue weighted by Crippen LogP contribution is 2.29. The first-order valence-electron chi connectivity index (χ1n) is 8.34. The first-order chi connectivity index (χ1) is 12.8. The normalized spacial score (nSPS) is 19.9. The van der Waals surface area contributed by atoms with Crippen LogP contribution in [-0.2, 0) is 9.59 Å². The maximum atomic E-state index is 12.7. The van der Waals surface area contributed by atoms with Crippen LogP contribution in [0.3, 0.4) is 0 Å². The lowest BCUT2D eigenvalue weighted by atomic mass is 9.92. The number of benzene rings is 2. The van der Waals surface area contributed by atoms with Crippen LogP contribution in [0.2, 0.25) is 0 Å². The van der Waals surface area contributed by atoms with E-state index in [0.29, 0.717) is 17.2 Å². The topological polar surface area (TPSA) is 67.4 Å². The average molecular weight is 378 g/mol. The highest BCUT2D eigenvalue weighted by molar-refractivity contribution is 6.06. The van der Waals surface area contributed by atoms with E-state index >= 15 is 0 Å². The third kappa shape index (κ3) is 4.78. The zero-order chi connectivity index (χ0) is 19.4. The maximum absolute atomic E-state index is 12.7. The monoisotopic (exact) mass is 378 g/mol. The van der Waals surface area contributed by atoms with Crippen LogP contribution >= 0.6 is 0 Å². The number of amides is 2. The fourth-order valence-electron chi connectivity index (χ4n) is 2.76. The van der Waals surface area contributed by atoms with E-state index in [2.05, 4.69) is 5.32 Å². The van der Waals surface area contributed by atoms with Gasteiger partial charge in [0.1, 0.15) is 23.5 Å². The number of nitrogens with one attached hydrogen (secondary N) is 2. The van der Waals surface area contributed by atoms with Crippen LogP contribution in [0, 0.1) is 5.92 Å². The number of hydrogen-bond acceptors (Lipinski definition) is 3. The van der Waals surface area contributed by atoms with Crippen LogP contribution in [0.4, 0.5) is 18.9 Å². The molecule has 2 aromatic carbocycles. The number of halogens is 3. The minimum absolute atomic E-state index is 0.156. The predicted molar refractivity (Wildman–Crippen MR) is 92.3 cm³/mol. The molecule has 1 saturated heterocycles. The summed E-state index contributed by atoms with van der Waals surface area (Å²) in [6.07, 6.45) is -4.99. The molecule has 0 radical (unpaired) electrons. The molecule has 0 saturated carbocycles. The molecule has 8 heteroatoms. The van der Waals surface area contributed by atoms with Gasteiger partial charge < -0.3 is 15.4 Å². The van der Waals surface area contributed by atoms with E-state index in [-0.39, 0.29) is 12.8 Å². The number of ether oxygens (including phenoxy) is 1. The Morgan fingerprint density at radius 1 is 1.00 bits per heavy atom. The van der Waals surface area contributed by atoms with Gasteiger partial charge in [0.05, 0.1) is 0 Å². The van der Waals surface area contributed by atoms with Crippen molar-refractivity contribution in [2.45, 2.75) is 25.1 Å². The van der Waals surface area contributed by atoms with Crippen LogP contribution in [0.15, 0.2) is 54.6 Å². The first-order valence-corrected chi connectivity index (χ1v) is 8.34. The van der Waals surface area contributed by atoms with E-state index in [0.717, 1.165) is 0 Å². The summed E-state index contributed by atoms with van der Waals surface area (Å²) in [6.45, 7) is 0. The van der Waals surface area contributed by atoms with Crippen LogP contribution < -0.4 is 15.4 Å². The summed E-state index contributed by atoms with van der Waals surface area (Å²) >= 11 is 0. The fourth-order valence-corrected chi connectivity index (χ4v) is 2.76. The highest BCUT2D eigenvalue weighted by Gasteiger charge is 2.45. The Labute approximate surface area is 153 Å². The van der Waals surface area contributed by atoms with Crippen molar-refractivity contribution < 1.29 is 27.5 Å². The summed E-state index contributed by atoms with van der Waals surface area (Å²) in [5.41, 5.74) is 0.422. The smallest absolute Gasteiger partial charge is 0.408 e. The zero-order valence-corrected chi connectivity index (χ0v) is 14.1. The second kappa shape index (κ2) is 7.69. The van der Waals surface area contributed by atoms with Gasteiger partial charge in [-0.25, -0.2) is 0 Å². The molecule has 27 heavy (non-hydrogen) atoms. The molecule has 0 aliphatic carbocycles. The maximum Gasteiger partial charge on any atom is 0.408 e. The summed E-state index contributed by atoms with van der Waals surface area (Å²) in [6, 6.07) is 13.7. The van der Waals surface area contributed by atoms with Crippen LogP contribution in [-0.4, -0.2) is 24.0 Å².